The van der Waals surface area contributed by atoms with Crippen LogP contribution in [0.4, 0.5) is 0 Å². The highest BCUT2D eigenvalue weighted by Gasteiger charge is 2.21. The van der Waals surface area contributed by atoms with Gasteiger partial charge in [0.15, 0.2) is 0 Å². The molecule has 1 heterocycles. The van der Waals surface area contributed by atoms with Gasteiger partial charge in [0.1, 0.15) is 0 Å². The third-order valence-electron chi connectivity index (χ3n) is 3.07. The number of piperidine rings is 1. The Morgan fingerprint density at radius 3 is 2.57 bits per heavy atom. The zero-order valence-corrected chi connectivity index (χ0v) is 9.41. The molecule has 1 aliphatic heterocycles. The van der Waals surface area contributed by atoms with Crippen LogP contribution in [0.2, 0.25) is 0 Å². The molecule has 0 aromatic rings. The molecule has 3 heteroatoms. The summed E-state index contributed by atoms with van der Waals surface area (Å²) in [6.07, 6.45) is 2.12. The lowest BCUT2D eigenvalue weighted by atomic mass is 9.92. The first-order valence-corrected chi connectivity index (χ1v) is 5.72. The molecular formula is C11H23NO2. The molecule has 0 radical (unpaired) electrons. The molecule has 0 aliphatic carbocycles. The summed E-state index contributed by atoms with van der Waals surface area (Å²) in [5.74, 6) is 0.512. The van der Waals surface area contributed by atoms with E-state index in [1.165, 1.54) is 0 Å². The van der Waals surface area contributed by atoms with Crippen LogP contribution in [0.5, 0.6) is 0 Å². The summed E-state index contributed by atoms with van der Waals surface area (Å²) in [4.78, 5) is 2.43. The average Bonchev–Trinajstić information content (AvgIpc) is 2.19. The normalized spacial score (nSPS) is 22.5. The molecule has 1 atom stereocenters. The molecule has 1 aliphatic rings. The van der Waals surface area contributed by atoms with E-state index in [0.29, 0.717) is 5.92 Å². The minimum atomic E-state index is -0.135. The fourth-order valence-electron chi connectivity index (χ4n) is 2.00. The zero-order chi connectivity index (χ0) is 10.4. The summed E-state index contributed by atoms with van der Waals surface area (Å²) in [5, 5.41) is 9.43. The number of aliphatic hydroxyl groups excluding tert-OH is 1. The van der Waals surface area contributed by atoms with Gasteiger partial charge in [-0.05, 0) is 45.7 Å². The van der Waals surface area contributed by atoms with E-state index in [-0.39, 0.29) is 6.10 Å². The maximum absolute atomic E-state index is 9.43. The van der Waals surface area contributed by atoms with E-state index in [9.17, 15) is 5.11 Å². The monoisotopic (exact) mass is 201 g/mol. The number of ether oxygens (including phenoxy) is 1. The van der Waals surface area contributed by atoms with Crippen LogP contribution in [-0.4, -0.2) is 49.0 Å². The Hall–Kier alpha value is -0.120. The van der Waals surface area contributed by atoms with Gasteiger partial charge < -0.3 is 14.7 Å². The standard InChI is InChI=1S/C11H23NO2/c1-3-14-9-8-12-6-4-11(5-7-12)10(2)13/h10-11,13H,3-9H2,1-2H3. The van der Waals surface area contributed by atoms with E-state index in [1.807, 2.05) is 13.8 Å². The second-order valence-corrected chi connectivity index (χ2v) is 4.12. The van der Waals surface area contributed by atoms with E-state index in [4.69, 9.17) is 4.74 Å². The Balaban J connectivity index is 2.09. The first-order valence-electron chi connectivity index (χ1n) is 5.72. The molecular weight excluding hydrogens is 178 g/mol. The van der Waals surface area contributed by atoms with Gasteiger partial charge in [0.05, 0.1) is 12.7 Å². The minimum absolute atomic E-state index is 0.135. The van der Waals surface area contributed by atoms with Gasteiger partial charge in [0.25, 0.3) is 0 Å². The van der Waals surface area contributed by atoms with Crippen molar-refractivity contribution in [3.8, 4) is 0 Å². The highest BCUT2D eigenvalue weighted by atomic mass is 16.5. The van der Waals surface area contributed by atoms with Gasteiger partial charge >= 0.3 is 0 Å². The number of rotatable bonds is 5. The Kier molecular flexibility index (Phi) is 5.45. The van der Waals surface area contributed by atoms with Crippen molar-refractivity contribution in [2.75, 3.05) is 32.8 Å². The van der Waals surface area contributed by atoms with Crippen LogP contribution in [0, 0.1) is 5.92 Å². The number of aliphatic hydroxyl groups is 1. The molecule has 1 saturated heterocycles. The zero-order valence-electron chi connectivity index (χ0n) is 9.41. The van der Waals surface area contributed by atoms with Crippen molar-refractivity contribution < 1.29 is 9.84 Å². The largest absolute Gasteiger partial charge is 0.393 e. The molecule has 14 heavy (non-hydrogen) atoms. The van der Waals surface area contributed by atoms with Crippen LogP contribution >= 0.6 is 0 Å². The van der Waals surface area contributed by atoms with Crippen molar-refractivity contribution in [2.24, 2.45) is 5.92 Å². The van der Waals surface area contributed by atoms with Crippen LogP contribution in [0.3, 0.4) is 0 Å². The molecule has 3 nitrogen and oxygen atoms in total. The molecule has 0 bridgehead atoms. The predicted molar refractivity (Wildman–Crippen MR) is 57.3 cm³/mol. The van der Waals surface area contributed by atoms with E-state index in [0.717, 1.165) is 45.7 Å². The summed E-state index contributed by atoms with van der Waals surface area (Å²) >= 11 is 0. The van der Waals surface area contributed by atoms with Crippen LogP contribution in [0.1, 0.15) is 26.7 Å². The molecule has 1 rings (SSSR count). The predicted octanol–water partition coefficient (Wildman–Crippen LogP) is 1.12. The third kappa shape index (κ3) is 3.95. The lowest BCUT2D eigenvalue weighted by molar-refractivity contribution is 0.0550. The molecule has 0 aromatic carbocycles. The average molecular weight is 201 g/mol. The van der Waals surface area contributed by atoms with Crippen LogP contribution < -0.4 is 0 Å². The smallest absolute Gasteiger partial charge is 0.0593 e. The molecule has 1 fully saturated rings. The molecule has 0 saturated carbocycles. The first kappa shape index (κ1) is 12.0. The Morgan fingerprint density at radius 2 is 2.07 bits per heavy atom. The van der Waals surface area contributed by atoms with Crippen LogP contribution in [0.15, 0.2) is 0 Å². The van der Waals surface area contributed by atoms with Gasteiger partial charge in [-0.3, -0.25) is 0 Å². The molecule has 0 spiro atoms. The maximum atomic E-state index is 9.43. The van der Waals surface area contributed by atoms with Gasteiger partial charge in [-0.15, -0.1) is 0 Å². The van der Waals surface area contributed by atoms with Crippen LogP contribution in [-0.2, 0) is 4.74 Å². The topological polar surface area (TPSA) is 32.7 Å². The molecule has 0 amide bonds. The lowest BCUT2D eigenvalue weighted by Crippen LogP contribution is -2.38. The highest BCUT2D eigenvalue weighted by Crippen LogP contribution is 2.19. The molecule has 84 valence electrons. The Bertz CT molecular complexity index is 142. The van der Waals surface area contributed by atoms with Crippen molar-refractivity contribution in [3.63, 3.8) is 0 Å². The first-order chi connectivity index (χ1) is 6.74. The Labute approximate surface area is 87.1 Å². The Morgan fingerprint density at radius 1 is 1.43 bits per heavy atom. The van der Waals surface area contributed by atoms with Gasteiger partial charge in [0.2, 0.25) is 0 Å². The fourth-order valence-corrected chi connectivity index (χ4v) is 2.00. The number of hydrogen-bond donors (Lipinski definition) is 1. The summed E-state index contributed by atoms with van der Waals surface area (Å²) in [6.45, 7) is 8.85. The number of nitrogens with zero attached hydrogens (tertiary/aromatic N) is 1. The van der Waals surface area contributed by atoms with E-state index in [1.54, 1.807) is 0 Å². The summed E-state index contributed by atoms with van der Waals surface area (Å²) < 4.78 is 5.32. The second-order valence-electron chi connectivity index (χ2n) is 4.12. The maximum Gasteiger partial charge on any atom is 0.0593 e. The minimum Gasteiger partial charge on any atom is -0.393 e. The van der Waals surface area contributed by atoms with Gasteiger partial charge in [-0.2, -0.15) is 0 Å². The van der Waals surface area contributed by atoms with E-state index < -0.39 is 0 Å². The quantitative estimate of drug-likeness (QED) is 0.676. The molecule has 1 unspecified atom stereocenters. The number of likely N-dealkylation sites (tertiary alicyclic amines) is 1. The van der Waals surface area contributed by atoms with E-state index >= 15 is 0 Å². The van der Waals surface area contributed by atoms with Crippen molar-refractivity contribution in [2.45, 2.75) is 32.8 Å². The number of hydrogen-bond acceptors (Lipinski definition) is 3. The summed E-state index contributed by atoms with van der Waals surface area (Å²) in [5.41, 5.74) is 0. The highest BCUT2D eigenvalue weighted by molar-refractivity contribution is 4.75. The third-order valence-corrected chi connectivity index (χ3v) is 3.07. The van der Waals surface area contributed by atoms with Gasteiger partial charge in [0, 0.05) is 13.2 Å². The lowest BCUT2D eigenvalue weighted by Gasteiger charge is -2.33. The van der Waals surface area contributed by atoms with Gasteiger partial charge in [-0.1, -0.05) is 0 Å². The van der Waals surface area contributed by atoms with Crippen molar-refractivity contribution in [1.82, 2.24) is 4.90 Å². The van der Waals surface area contributed by atoms with Crippen molar-refractivity contribution >= 4 is 0 Å². The molecule has 1 N–H and O–H groups in total. The fraction of sp³-hybridized carbons (Fsp3) is 1.00. The van der Waals surface area contributed by atoms with Gasteiger partial charge in [-0.25, -0.2) is 0 Å². The SMILES string of the molecule is CCOCCN1CCC(C(C)O)CC1. The van der Waals surface area contributed by atoms with Crippen molar-refractivity contribution in [1.29, 1.82) is 0 Å². The van der Waals surface area contributed by atoms with Crippen molar-refractivity contribution in [3.05, 3.63) is 0 Å². The second kappa shape index (κ2) is 6.38. The summed E-state index contributed by atoms with van der Waals surface area (Å²) in [6, 6.07) is 0. The van der Waals surface area contributed by atoms with Crippen LogP contribution in [0.25, 0.3) is 0 Å². The van der Waals surface area contributed by atoms with E-state index in [2.05, 4.69) is 4.90 Å². The molecule has 0 aromatic heterocycles. The summed E-state index contributed by atoms with van der Waals surface area (Å²) in [7, 11) is 0.